The number of rotatable bonds is 11. The van der Waals surface area contributed by atoms with Gasteiger partial charge in [-0.3, -0.25) is 24.5 Å². The van der Waals surface area contributed by atoms with Crippen LogP contribution in [-0.4, -0.2) is 46.6 Å². The summed E-state index contributed by atoms with van der Waals surface area (Å²) in [4.78, 5) is 46.7. The quantitative estimate of drug-likeness (QED) is 0.279. The van der Waals surface area contributed by atoms with E-state index in [9.17, 15) is 29.6 Å². The minimum Gasteiger partial charge on any atom is -0.466 e. The maximum Gasteiger partial charge on any atom is 0.306 e. The molecule has 10 heteroatoms. The van der Waals surface area contributed by atoms with Crippen molar-refractivity contribution in [3.8, 4) is 0 Å². The summed E-state index contributed by atoms with van der Waals surface area (Å²) >= 11 is 0. The van der Waals surface area contributed by atoms with Crippen molar-refractivity contribution >= 4 is 23.5 Å². The number of nitro benzene ring substituents is 1. The van der Waals surface area contributed by atoms with Crippen molar-refractivity contribution < 1.29 is 29.2 Å². The Morgan fingerprint density at radius 1 is 1.24 bits per heavy atom. The molecule has 0 heterocycles. The average Bonchev–Trinajstić information content (AvgIpc) is 2.63. The molecule has 29 heavy (non-hydrogen) atoms. The Hall–Kier alpha value is -3.01. The number of ether oxygens (including phenoxy) is 1. The SMILES string of the molecule is CCOC(=O)C[C@@H](c1ccc([N+](=O)[O-])cc1)[C@H](NC(=O)[C@@H](O)CC(C)C)C(N)=O. The number of hydrogen-bond acceptors (Lipinski definition) is 7. The van der Waals surface area contributed by atoms with Crippen molar-refractivity contribution in [2.75, 3.05) is 6.61 Å². The Kier molecular flexibility index (Phi) is 9.20. The van der Waals surface area contributed by atoms with Crippen molar-refractivity contribution in [3.05, 3.63) is 39.9 Å². The fourth-order valence-electron chi connectivity index (χ4n) is 2.84. The van der Waals surface area contributed by atoms with Gasteiger partial charge in [0, 0.05) is 18.1 Å². The zero-order chi connectivity index (χ0) is 22.1. The number of esters is 1. The number of carbonyl (C=O) groups is 3. The van der Waals surface area contributed by atoms with Gasteiger partial charge in [-0.15, -0.1) is 0 Å². The molecular weight excluding hydrogens is 382 g/mol. The minimum atomic E-state index is -1.35. The van der Waals surface area contributed by atoms with E-state index in [-0.39, 0.29) is 31.1 Å². The molecule has 1 aromatic carbocycles. The number of nitrogens with zero attached hydrogens (tertiary/aromatic N) is 1. The zero-order valence-electron chi connectivity index (χ0n) is 16.7. The van der Waals surface area contributed by atoms with E-state index >= 15 is 0 Å². The van der Waals surface area contributed by atoms with Gasteiger partial charge in [0.25, 0.3) is 5.69 Å². The summed E-state index contributed by atoms with van der Waals surface area (Å²) in [7, 11) is 0. The number of nitro groups is 1. The Labute approximate surface area is 168 Å². The monoisotopic (exact) mass is 409 g/mol. The third-order valence-corrected chi connectivity index (χ3v) is 4.23. The van der Waals surface area contributed by atoms with Crippen LogP contribution in [0, 0.1) is 16.0 Å². The number of primary amides is 1. The molecule has 4 N–H and O–H groups in total. The first-order valence-corrected chi connectivity index (χ1v) is 9.24. The third-order valence-electron chi connectivity index (χ3n) is 4.23. The number of aliphatic hydroxyl groups is 1. The van der Waals surface area contributed by atoms with Gasteiger partial charge in [-0.05, 0) is 24.8 Å². The summed E-state index contributed by atoms with van der Waals surface area (Å²) in [6.07, 6.45) is -1.46. The van der Waals surface area contributed by atoms with Crippen LogP contribution in [0.4, 0.5) is 5.69 Å². The first-order valence-electron chi connectivity index (χ1n) is 9.24. The van der Waals surface area contributed by atoms with Crippen LogP contribution in [0.15, 0.2) is 24.3 Å². The molecule has 3 atom stereocenters. The maximum atomic E-state index is 12.3. The topological polar surface area (TPSA) is 162 Å². The van der Waals surface area contributed by atoms with Gasteiger partial charge >= 0.3 is 5.97 Å². The highest BCUT2D eigenvalue weighted by Gasteiger charge is 2.33. The molecule has 0 saturated carbocycles. The van der Waals surface area contributed by atoms with Gasteiger partial charge in [-0.2, -0.15) is 0 Å². The molecule has 0 saturated heterocycles. The van der Waals surface area contributed by atoms with E-state index < -0.39 is 40.8 Å². The van der Waals surface area contributed by atoms with E-state index in [1.807, 2.05) is 13.8 Å². The van der Waals surface area contributed by atoms with E-state index in [0.717, 1.165) is 0 Å². The maximum absolute atomic E-state index is 12.3. The Balaban J connectivity index is 3.20. The van der Waals surface area contributed by atoms with Crippen LogP contribution in [-0.2, 0) is 19.1 Å². The predicted octanol–water partition coefficient (Wildman–Crippen LogP) is 1.01. The van der Waals surface area contributed by atoms with Gasteiger partial charge < -0.3 is 20.9 Å². The van der Waals surface area contributed by atoms with Crippen LogP contribution in [0.25, 0.3) is 0 Å². The Morgan fingerprint density at radius 2 is 1.83 bits per heavy atom. The molecule has 2 amide bonds. The molecule has 0 radical (unpaired) electrons. The fraction of sp³-hybridized carbons (Fsp3) is 0.526. The average molecular weight is 409 g/mol. The van der Waals surface area contributed by atoms with Crippen LogP contribution in [0.1, 0.15) is 45.1 Å². The number of carbonyl (C=O) groups excluding carboxylic acids is 3. The van der Waals surface area contributed by atoms with E-state index in [0.29, 0.717) is 5.56 Å². The standard InChI is InChI=1S/C19H27N3O7/c1-4-29-16(24)10-14(12-5-7-13(8-6-12)22(27)28)17(18(20)25)21-19(26)15(23)9-11(2)3/h5-8,11,14-15,17,23H,4,9-10H2,1-3H3,(H2,20,25)(H,21,26)/t14-,15-,17-/m0/s1. The lowest BCUT2D eigenvalue weighted by Crippen LogP contribution is -2.51. The van der Waals surface area contributed by atoms with E-state index in [2.05, 4.69) is 5.32 Å². The molecule has 0 fully saturated rings. The molecule has 1 aromatic rings. The first kappa shape index (κ1) is 24.0. The second-order valence-electron chi connectivity index (χ2n) is 7.00. The van der Waals surface area contributed by atoms with Crippen molar-refractivity contribution in [2.45, 2.75) is 51.7 Å². The summed E-state index contributed by atoms with van der Waals surface area (Å²) in [6.45, 7) is 5.38. The van der Waals surface area contributed by atoms with Gasteiger partial charge in [0.2, 0.25) is 11.8 Å². The summed E-state index contributed by atoms with van der Waals surface area (Å²) in [5.41, 5.74) is 5.67. The van der Waals surface area contributed by atoms with Gasteiger partial charge in [0.15, 0.2) is 0 Å². The number of non-ortho nitro benzene ring substituents is 1. The molecule has 0 aromatic heterocycles. The van der Waals surface area contributed by atoms with Gasteiger partial charge in [0.05, 0.1) is 18.0 Å². The summed E-state index contributed by atoms with van der Waals surface area (Å²) in [5, 5.41) is 23.3. The summed E-state index contributed by atoms with van der Waals surface area (Å²) in [5.74, 6) is -3.23. The molecule has 0 bridgehead atoms. The predicted molar refractivity (Wildman–Crippen MR) is 104 cm³/mol. The Bertz CT molecular complexity index is 734. The Morgan fingerprint density at radius 3 is 2.28 bits per heavy atom. The van der Waals surface area contributed by atoms with Crippen molar-refractivity contribution in [1.82, 2.24) is 5.32 Å². The van der Waals surface area contributed by atoms with E-state index in [4.69, 9.17) is 10.5 Å². The summed E-state index contributed by atoms with van der Waals surface area (Å²) < 4.78 is 4.93. The zero-order valence-corrected chi connectivity index (χ0v) is 16.7. The number of nitrogens with two attached hydrogens (primary N) is 1. The van der Waals surface area contributed by atoms with Crippen LogP contribution in [0.5, 0.6) is 0 Å². The second kappa shape index (κ2) is 11.1. The smallest absolute Gasteiger partial charge is 0.306 e. The molecule has 0 aliphatic carbocycles. The lowest BCUT2D eigenvalue weighted by molar-refractivity contribution is -0.384. The lowest BCUT2D eigenvalue weighted by atomic mass is 9.87. The second-order valence-corrected chi connectivity index (χ2v) is 7.00. The number of nitrogens with one attached hydrogen (secondary N) is 1. The third kappa shape index (κ3) is 7.49. The highest BCUT2D eigenvalue weighted by atomic mass is 16.6. The van der Waals surface area contributed by atoms with Gasteiger partial charge in [0.1, 0.15) is 12.1 Å². The summed E-state index contributed by atoms with van der Waals surface area (Å²) in [6, 6.07) is 3.89. The lowest BCUT2D eigenvalue weighted by Gasteiger charge is -2.26. The normalized spacial score (nSPS) is 14.0. The fourth-order valence-corrected chi connectivity index (χ4v) is 2.84. The van der Waals surface area contributed by atoms with Gasteiger partial charge in [-0.1, -0.05) is 26.0 Å². The molecular formula is C19H27N3O7. The van der Waals surface area contributed by atoms with Crippen LogP contribution >= 0.6 is 0 Å². The molecule has 160 valence electrons. The van der Waals surface area contributed by atoms with Crippen molar-refractivity contribution in [2.24, 2.45) is 11.7 Å². The number of amides is 2. The van der Waals surface area contributed by atoms with Crippen LogP contribution < -0.4 is 11.1 Å². The number of hydrogen-bond donors (Lipinski definition) is 3. The van der Waals surface area contributed by atoms with E-state index in [1.165, 1.54) is 24.3 Å². The molecule has 0 unspecified atom stereocenters. The first-order chi connectivity index (χ1) is 13.6. The number of aliphatic hydroxyl groups excluding tert-OH is 1. The van der Waals surface area contributed by atoms with Crippen LogP contribution in [0.2, 0.25) is 0 Å². The van der Waals surface area contributed by atoms with E-state index in [1.54, 1.807) is 6.92 Å². The molecule has 1 rings (SSSR count). The number of benzene rings is 1. The highest BCUT2D eigenvalue weighted by molar-refractivity contribution is 5.89. The van der Waals surface area contributed by atoms with Crippen LogP contribution in [0.3, 0.4) is 0 Å². The van der Waals surface area contributed by atoms with Crippen molar-refractivity contribution in [1.29, 1.82) is 0 Å². The molecule has 0 aliphatic rings. The molecule has 0 spiro atoms. The largest absolute Gasteiger partial charge is 0.466 e. The van der Waals surface area contributed by atoms with Crippen molar-refractivity contribution in [3.63, 3.8) is 0 Å². The molecule has 0 aliphatic heterocycles. The minimum absolute atomic E-state index is 0.0350. The highest BCUT2D eigenvalue weighted by Crippen LogP contribution is 2.27. The molecule has 10 nitrogen and oxygen atoms in total. The van der Waals surface area contributed by atoms with Gasteiger partial charge in [-0.25, -0.2) is 0 Å².